The summed E-state index contributed by atoms with van der Waals surface area (Å²) in [5.74, 6) is 0.0229. The fourth-order valence-electron chi connectivity index (χ4n) is 10.7. The minimum absolute atomic E-state index is 0.0999. The van der Waals surface area contributed by atoms with Crippen LogP contribution in [0.1, 0.15) is 350 Å². The molecule has 5 atom stereocenters. The molecule has 0 radical (unpaired) electrons. The number of aliphatic hydroxyl groups excluding tert-OH is 1. The van der Waals surface area contributed by atoms with Gasteiger partial charge in [0, 0.05) is 25.7 Å². The molecule has 0 rings (SSSR count). The molecule has 548 valence electrons. The van der Waals surface area contributed by atoms with E-state index in [1.165, 1.54) is 135 Å². The van der Waals surface area contributed by atoms with Crippen molar-refractivity contribution in [2.45, 2.75) is 369 Å². The van der Waals surface area contributed by atoms with Crippen molar-refractivity contribution in [3.05, 3.63) is 24.3 Å². The van der Waals surface area contributed by atoms with Crippen molar-refractivity contribution < 1.29 is 80.2 Å². The number of hydrogen-bond acceptors (Lipinski definition) is 15. The maximum absolute atomic E-state index is 13.1. The van der Waals surface area contributed by atoms with Gasteiger partial charge in [0.15, 0.2) is 12.2 Å². The normalized spacial score (nSPS) is 14.3. The van der Waals surface area contributed by atoms with E-state index in [1.54, 1.807) is 0 Å². The van der Waals surface area contributed by atoms with E-state index in [0.717, 1.165) is 121 Å². The van der Waals surface area contributed by atoms with Crippen LogP contribution in [0.2, 0.25) is 0 Å². The number of hydrogen-bond donors (Lipinski definition) is 3. The summed E-state index contributed by atoms with van der Waals surface area (Å²) in [4.78, 5) is 72.6. The Morgan fingerprint density at radius 3 is 0.871 bits per heavy atom. The van der Waals surface area contributed by atoms with Crippen LogP contribution in [0.15, 0.2) is 24.3 Å². The number of esters is 4. The highest BCUT2D eigenvalue weighted by atomic mass is 31.2. The highest BCUT2D eigenvalue weighted by Crippen LogP contribution is 2.45. The first kappa shape index (κ1) is 90.5. The van der Waals surface area contributed by atoms with Crippen LogP contribution in [-0.4, -0.2) is 96.7 Å². The number of ether oxygens (including phenoxy) is 4. The van der Waals surface area contributed by atoms with Crippen molar-refractivity contribution in [1.29, 1.82) is 0 Å². The van der Waals surface area contributed by atoms with Gasteiger partial charge >= 0.3 is 39.5 Å². The maximum Gasteiger partial charge on any atom is 0.472 e. The Bertz CT molecular complexity index is 1910. The van der Waals surface area contributed by atoms with E-state index < -0.39 is 97.5 Å². The van der Waals surface area contributed by atoms with Crippen LogP contribution in [-0.2, 0) is 65.4 Å². The van der Waals surface area contributed by atoms with E-state index in [4.69, 9.17) is 37.0 Å². The quantitative estimate of drug-likeness (QED) is 0.0169. The van der Waals surface area contributed by atoms with E-state index in [2.05, 4.69) is 72.8 Å². The van der Waals surface area contributed by atoms with Crippen molar-refractivity contribution >= 4 is 39.5 Å². The van der Waals surface area contributed by atoms with Crippen molar-refractivity contribution in [3.63, 3.8) is 0 Å². The first-order valence-electron chi connectivity index (χ1n) is 37.7. The minimum atomic E-state index is -4.96. The number of carbonyl (C=O) groups is 4. The Hall–Kier alpha value is -2.46. The third kappa shape index (κ3) is 67.9. The average molecular weight is 1360 g/mol. The van der Waals surface area contributed by atoms with Gasteiger partial charge in [0.1, 0.15) is 19.3 Å². The van der Waals surface area contributed by atoms with Gasteiger partial charge in [0.2, 0.25) is 0 Å². The number of phosphoric ester groups is 2. The lowest BCUT2D eigenvalue weighted by molar-refractivity contribution is -0.161. The molecule has 93 heavy (non-hydrogen) atoms. The van der Waals surface area contributed by atoms with Crippen LogP contribution in [0.5, 0.6) is 0 Å². The van der Waals surface area contributed by atoms with E-state index >= 15 is 0 Å². The molecule has 0 aromatic rings. The summed E-state index contributed by atoms with van der Waals surface area (Å²) in [5, 5.41) is 10.6. The summed E-state index contributed by atoms with van der Waals surface area (Å²) >= 11 is 0. The molecular weight excluding hydrogens is 1220 g/mol. The van der Waals surface area contributed by atoms with Gasteiger partial charge in [-0.05, 0) is 69.1 Å². The van der Waals surface area contributed by atoms with E-state index in [1.807, 2.05) is 0 Å². The van der Waals surface area contributed by atoms with Gasteiger partial charge in [-0.15, -0.1) is 0 Å². The molecule has 0 bridgehead atoms. The lowest BCUT2D eigenvalue weighted by atomic mass is 10.0. The third-order valence-corrected chi connectivity index (χ3v) is 18.4. The van der Waals surface area contributed by atoms with Crippen LogP contribution in [0.4, 0.5) is 0 Å². The Morgan fingerprint density at radius 2 is 0.581 bits per heavy atom. The first-order chi connectivity index (χ1) is 44.7. The fraction of sp³-hybridized carbons (Fsp3) is 0.892. The Morgan fingerprint density at radius 1 is 0.333 bits per heavy atom. The standard InChI is InChI=1S/C74H140O17P2/c1-8-9-10-11-12-13-14-15-18-22-25-28-33-41-48-55-71(76)84-61-69(90-73(78)57-50-43-34-29-26-23-20-17-16-19-21-24-27-31-38-45-52-65(2)3)63-88-92(80,81)86-59-68(75)60-87-93(82,83)89-64-70(62-85-72(77)56-49-42-37-36-40-47-54-67(6)7)91-74(79)58-51-44-35-30-32-39-46-53-66(4)5/h13-15,18,65-70,75H,8-12,16-17,19-64H2,1-7H3,(H,80,81)(H,82,83)/b14-13-,18-15-/t68-,69-,70-/m1/s1. The van der Waals surface area contributed by atoms with Crippen LogP contribution < -0.4 is 0 Å². The zero-order valence-electron chi connectivity index (χ0n) is 60.2. The average Bonchev–Trinajstić information content (AvgIpc) is 3.23. The molecule has 0 spiro atoms. The van der Waals surface area contributed by atoms with E-state index in [0.29, 0.717) is 37.5 Å². The predicted octanol–water partition coefficient (Wildman–Crippen LogP) is 21.0. The highest BCUT2D eigenvalue weighted by Gasteiger charge is 2.30. The summed E-state index contributed by atoms with van der Waals surface area (Å²) in [5.41, 5.74) is 0. The molecule has 0 fully saturated rings. The molecule has 0 heterocycles. The Labute approximate surface area is 567 Å². The van der Waals surface area contributed by atoms with Crippen molar-refractivity contribution in [1.82, 2.24) is 0 Å². The zero-order valence-corrected chi connectivity index (χ0v) is 62.0. The summed E-state index contributed by atoms with van der Waals surface area (Å²) < 4.78 is 68.3. The molecule has 2 unspecified atom stereocenters. The molecule has 0 saturated heterocycles. The van der Waals surface area contributed by atoms with Gasteiger partial charge in [-0.25, -0.2) is 9.13 Å². The Kier molecular flexibility index (Phi) is 62.5. The molecule has 19 heteroatoms. The van der Waals surface area contributed by atoms with Gasteiger partial charge in [-0.1, -0.05) is 297 Å². The smallest absolute Gasteiger partial charge is 0.462 e. The molecule has 0 aliphatic heterocycles. The number of unbranched alkanes of at least 4 members (excludes halogenated alkanes) is 35. The molecule has 0 saturated carbocycles. The summed E-state index contributed by atoms with van der Waals surface area (Å²) in [6.45, 7) is 11.7. The van der Waals surface area contributed by atoms with Gasteiger partial charge in [0.05, 0.1) is 26.4 Å². The van der Waals surface area contributed by atoms with E-state index in [9.17, 15) is 43.2 Å². The number of allylic oxidation sites excluding steroid dienone is 4. The van der Waals surface area contributed by atoms with Crippen LogP contribution in [0, 0.1) is 17.8 Å². The van der Waals surface area contributed by atoms with Gasteiger partial charge in [0.25, 0.3) is 0 Å². The largest absolute Gasteiger partial charge is 0.472 e. The fourth-order valence-corrected chi connectivity index (χ4v) is 12.3. The van der Waals surface area contributed by atoms with E-state index in [-0.39, 0.29) is 25.7 Å². The van der Waals surface area contributed by atoms with Crippen molar-refractivity contribution in [3.8, 4) is 0 Å². The minimum Gasteiger partial charge on any atom is -0.462 e. The van der Waals surface area contributed by atoms with Crippen molar-refractivity contribution in [2.24, 2.45) is 17.8 Å². The molecule has 0 amide bonds. The van der Waals surface area contributed by atoms with Crippen molar-refractivity contribution in [2.75, 3.05) is 39.6 Å². The lowest BCUT2D eigenvalue weighted by Gasteiger charge is -2.21. The SMILES string of the molecule is CCCCCC/C=C\C=C/CCCCCCCC(=O)OC[C@H](COP(=O)(O)OC[C@@H](O)COP(=O)(O)OC[C@@H](COC(=O)CCCCCCCCC(C)C)OC(=O)CCCCCCCCCC(C)C)OC(=O)CCCCCCCCCCCCCCCCCCC(C)C. The second-order valence-corrected chi connectivity index (χ2v) is 30.3. The van der Waals surface area contributed by atoms with Crippen LogP contribution in [0.25, 0.3) is 0 Å². The summed E-state index contributed by atoms with van der Waals surface area (Å²) in [6.07, 6.45) is 52.5. The maximum atomic E-state index is 13.1. The second-order valence-electron chi connectivity index (χ2n) is 27.4. The zero-order chi connectivity index (χ0) is 68.7. The third-order valence-electron chi connectivity index (χ3n) is 16.5. The first-order valence-corrected chi connectivity index (χ1v) is 40.7. The molecule has 0 aromatic carbocycles. The topological polar surface area (TPSA) is 237 Å². The lowest BCUT2D eigenvalue weighted by Crippen LogP contribution is -2.30. The van der Waals surface area contributed by atoms with Gasteiger partial charge in [-0.3, -0.25) is 37.3 Å². The monoisotopic (exact) mass is 1360 g/mol. The number of rotatable bonds is 70. The van der Waals surface area contributed by atoms with Crippen LogP contribution >= 0.6 is 15.6 Å². The molecule has 3 N–H and O–H groups in total. The molecule has 0 aromatic heterocycles. The summed E-state index contributed by atoms with van der Waals surface area (Å²) in [7, 11) is -9.92. The molecule has 0 aliphatic rings. The molecule has 17 nitrogen and oxygen atoms in total. The number of carbonyl (C=O) groups excluding carboxylic acids is 4. The molecular formula is C74H140O17P2. The highest BCUT2D eigenvalue weighted by molar-refractivity contribution is 7.47. The molecule has 0 aliphatic carbocycles. The Balaban J connectivity index is 5.25. The second kappa shape index (κ2) is 64.2. The van der Waals surface area contributed by atoms with Gasteiger partial charge < -0.3 is 33.8 Å². The summed E-state index contributed by atoms with van der Waals surface area (Å²) in [6, 6.07) is 0. The van der Waals surface area contributed by atoms with Crippen LogP contribution in [0.3, 0.4) is 0 Å². The van der Waals surface area contributed by atoms with Gasteiger partial charge in [-0.2, -0.15) is 0 Å². The number of phosphoric acid groups is 2. The number of aliphatic hydroxyl groups is 1. The predicted molar refractivity (Wildman–Crippen MR) is 377 cm³/mol.